The molecule has 1 amide bonds. The lowest BCUT2D eigenvalue weighted by Gasteiger charge is -2.14. The van der Waals surface area contributed by atoms with Crippen LogP contribution in [0.2, 0.25) is 0 Å². The number of nitrogens with zero attached hydrogens (tertiary/aromatic N) is 5. The SMILES string of the molecule is C=CCn1c(COc2ccc(OC)cc2)nnc1SCC(=O)Nc1cc(C(C)(C)C)nn1-c1ccccc1. The van der Waals surface area contributed by atoms with Gasteiger partial charge in [0.25, 0.3) is 0 Å². The van der Waals surface area contributed by atoms with Gasteiger partial charge in [0.1, 0.15) is 23.9 Å². The van der Waals surface area contributed by atoms with Crippen molar-refractivity contribution in [2.45, 2.75) is 44.5 Å². The van der Waals surface area contributed by atoms with Crippen molar-refractivity contribution in [2.75, 3.05) is 18.2 Å². The first-order valence-corrected chi connectivity index (χ1v) is 13.2. The molecule has 2 aromatic heterocycles. The van der Waals surface area contributed by atoms with E-state index in [9.17, 15) is 4.79 Å². The lowest BCUT2D eigenvalue weighted by atomic mass is 9.92. The molecule has 2 aromatic carbocycles. The summed E-state index contributed by atoms with van der Waals surface area (Å²) in [6.45, 7) is 10.8. The lowest BCUT2D eigenvalue weighted by Crippen LogP contribution is -2.17. The Morgan fingerprint density at radius 2 is 1.79 bits per heavy atom. The van der Waals surface area contributed by atoms with E-state index >= 15 is 0 Å². The molecular formula is C28H32N6O3S. The van der Waals surface area contributed by atoms with Gasteiger partial charge >= 0.3 is 0 Å². The first-order chi connectivity index (χ1) is 18.3. The Balaban J connectivity index is 1.44. The number of hydrogen-bond acceptors (Lipinski definition) is 7. The van der Waals surface area contributed by atoms with E-state index in [1.165, 1.54) is 11.8 Å². The third kappa shape index (κ3) is 6.63. The molecule has 4 aromatic rings. The van der Waals surface area contributed by atoms with E-state index in [0.29, 0.717) is 29.1 Å². The van der Waals surface area contributed by atoms with E-state index in [2.05, 4.69) is 42.9 Å². The van der Waals surface area contributed by atoms with Gasteiger partial charge in [-0.3, -0.25) is 9.36 Å². The van der Waals surface area contributed by atoms with Crippen LogP contribution in [-0.4, -0.2) is 43.3 Å². The second-order valence-electron chi connectivity index (χ2n) is 9.51. The van der Waals surface area contributed by atoms with Gasteiger partial charge in [0, 0.05) is 18.0 Å². The molecule has 10 heteroatoms. The number of ether oxygens (including phenoxy) is 2. The van der Waals surface area contributed by atoms with E-state index in [4.69, 9.17) is 14.6 Å². The number of thioether (sulfide) groups is 1. The summed E-state index contributed by atoms with van der Waals surface area (Å²) in [5.74, 6) is 2.69. The van der Waals surface area contributed by atoms with E-state index in [1.807, 2.05) is 65.2 Å². The molecule has 0 spiro atoms. The van der Waals surface area contributed by atoms with Gasteiger partial charge in [0.15, 0.2) is 11.0 Å². The molecule has 0 aliphatic carbocycles. The normalized spacial score (nSPS) is 11.3. The fraction of sp³-hybridized carbons (Fsp3) is 0.286. The Morgan fingerprint density at radius 1 is 1.08 bits per heavy atom. The first-order valence-electron chi connectivity index (χ1n) is 12.2. The fourth-order valence-electron chi connectivity index (χ4n) is 3.58. The van der Waals surface area contributed by atoms with Gasteiger partial charge in [-0.2, -0.15) is 5.10 Å². The number of aromatic nitrogens is 5. The predicted octanol–water partition coefficient (Wildman–Crippen LogP) is 5.27. The maximum absolute atomic E-state index is 13.0. The van der Waals surface area contributed by atoms with Gasteiger partial charge in [-0.25, -0.2) is 4.68 Å². The molecule has 0 fully saturated rings. The molecular weight excluding hydrogens is 500 g/mol. The van der Waals surface area contributed by atoms with Crippen LogP contribution in [-0.2, 0) is 23.4 Å². The van der Waals surface area contributed by atoms with Crippen LogP contribution in [0.25, 0.3) is 5.69 Å². The summed E-state index contributed by atoms with van der Waals surface area (Å²) in [5.41, 5.74) is 1.59. The summed E-state index contributed by atoms with van der Waals surface area (Å²) < 4.78 is 14.7. The molecule has 0 bridgehead atoms. The van der Waals surface area contributed by atoms with Gasteiger partial charge in [0.2, 0.25) is 5.91 Å². The maximum Gasteiger partial charge on any atom is 0.236 e. The van der Waals surface area contributed by atoms with Crippen LogP contribution in [0, 0.1) is 0 Å². The third-order valence-corrected chi connectivity index (χ3v) is 6.58. The lowest BCUT2D eigenvalue weighted by molar-refractivity contribution is -0.113. The van der Waals surface area contributed by atoms with Crippen molar-refractivity contribution in [1.82, 2.24) is 24.5 Å². The van der Waals surface area contributed by atoms with E-state index < -0.39 is 0 Å². The standard InChI is InChI=1S/C28H32N6O3S/c1-6-16-33-25(18-37-22-14-12-21(36-5)13-15-22)30-31-27(33)38-19-26(35)29-24-17-23(28(2,3)4)32-34(24)20-10-8-7-9-11-20/h6-15,17H,1,16,18-19H2,2-5H3,(H,29,35). The third-order valence-electron chi connectivity index (χ3n) is 5.61. The molecule has 1 N–H and O–H groups in total. The van der Waals surface area contributed by atoms with Gasteiger partial charge in [0.05, 0.1) is 24.2 Å². The van der Waals surface area contributed by atoms with Gasteiger partial charge in [-0.05, 0) is 36.4 Å². The Hall–Kier alpha value is -4.05. The van der Waals surface area contributed by atoms with E-state index in [-0.39, 0.29) is 23.7 Å². The summed E-state index contributed by atoms with van der Waals surface area (Å²) in [6.07, 6.45) is 1.76. The quantitative estimate of drug-likeness (QED) is 0.208. The minimum atomic E-state index is -0.170. The van der Waals surface area contributed by atoms with Crippen molar-refractivity contribution < 1.29 is 14.3 Å². The molecule has 0 saturated carbocycles. The molecule has 9 nitrogen and oxygen atoms in total. The van der Waals surface area contributed by atoms with Gasteiger partial charge < -0.3 is 14.8 Å². The number of hydrogen-bond donors (Lipinski definition) is 1. The van der Waals surface area contributed by atoms with Crippen LogP contribution in [0.15, 0.2) is 78.5 Å². The highest BCUT2D eigenvalue weighted by Crippen LogP contribution is 2.27. The summed E-state index contributed by atoms with van der Waals surface area (Å²) in [4.78, 5) is 13.0. The second-order valence-corrected chi connectivity index (χ2v) is 10.5. The number of rotatable bonds is 11. The van der Waals surface area contributed by atoms with Crippen LogP contribution in [0.5, 0.6) is 11.5 Å². The Labute approximate surface area is 226 Å². The summed E-state index contributed by atoms with van der Waals surface area (Å²) >= 11 is 1.30. The molecule has 0 aliphatic rings. The number of carbonyl (C=O) groups is 1. The van der Waals surface area contributed by atoms with Crippen LogP contribution in [0.3, 0.4) is 0 Å². The summed E-state index contributed by atoms with van der Waals surface area (Å²) in [7, 11) is 1.62. The monoisotopic (exact) mass is 532 g/mol. The number of allylic oxidation sites excluding steroid dienone is 1. The predicted molar refractivity (Wildman–Crippen MR) is 149 cm³/mol. The summed E-state index contributed by atoms with van der Waals surface area (Å²) in [5, 5.41) is 16.9. The first kappa shape index (κ1) is 27.0. The van der Waals surface area contributed by atoms with Gasteiger partial charge in [-0.1, -0.05) is 56.8 Å². The highest BCUT2D eigenvalue weighted by atomic mass is 32.2. The van der Waals surface area contributed by atoms with Crippen molar-refractivity contribution in [2.24, 2.45) is 0 Å². The topological polar surface area (TPSA) is 96.1 Å². The number of carbonyl (C=O) groups excluding carboxylic acids is 1. The highest BCUT2D eigenvalue weighted by molar-refractivity contribution is 7.99. The molecule has 0 atom stereocenters. The zero-order chi connectivity index (χ0) is 27.1. The highest BCUT2D eigenvalue weighted by Gasteiger charge is 2.22. The Morgan fingerprint density at radius 3 is 2.45 bits per heavy atom. The number of amides is 1. The van der Waals surface area contributed by atoms with Crippen LogP contribution < -0.4 is 14.8 Å². The molecule has 38 heavy (non-hydrogen) atoms. The second kappa shape index (κ2) is 12.0. The molecule has 0 radical (unpaired) electrons. The molecule has 0 aliphatic heterocycles. The van der Waals surface area contributed by atoms with Crippen molar-refractivity contribution in [3.8, 4) is 17.2 Å². The van der Waals surface area contributed by atoms with Crippen molar-refractivity contribution in [3.05, 3.63) is 84.8 Å². The number of anilines is 1. The Bertz CT molecular complexity index is 1370. The van der Waals surface area contributed by atoms with E-state index in [1.54, 1.807) is 17.9 Å². The molecule has 4 rings (SSSR count). The van der Waals surface area contributed by atoms with Crippen LogP contribution in [0.4, 0.5) is 5.82 Å². The molecule has 0 saturated heterocycles. The zero-order valence-corrected chi connectivity index (χ0v) is 22.9. The van der Waals surface area contributed by atoms with Gasteiger partial charge in [-0.15, -0.1) is 16.8 Å². The zero-order valence-electron chi connectivity index (χ0n) is 22.0. The molecule has 198 valence electrons. The largest absolute Gasteiger partial charge is 0.497 e. The van der Waals surface area contributed by atoms with Crippen molar-refractivity contribution in [3.63, 3.8) is 0 Å². The number of nitrogens with one attached hydrogen (secondary N) is 1. The smallest absolute Gasteiger partial charge is 0.236 e. The summed E-state index contributed by atoms with van der Waals surface area (Å²) in [6, 6.07) is 19.0. The molecule has 2 heterocycles. The van der Waals surface area contributed by atoms with Crippen molar-refractivity contribution >= 4 is 23.5 Å². The number of para-hydroxylation sites is 1. The number of benzene rings is 2. The minimum Gasteiger partial charge on any atom is -0.497 e. The van der Waals surface area contributed by atoms with Crippen molar-refractivity contribution in [1.29, 1.82) is 0 Å². The average molecular weight is 533 g/mol. The number of methoxy groups -OCH3 is 1. The minimum absolute atomic E-state index is 0.152. The maximum atomic E-state index is 13.0. The molecule has 0 unspecified atom stereocenters. The van der Waals surface area contributed by atoms with Crippen LogP contribution >= 0.6 is 11.8 Å². The fourth-order valence-corrected chi connectivity index (χ4v) is 4.34. The van der Waals surface area contributed by atoms with Crippen LogP contribution in [0.1, 0.15) is 32.3 Å². The average Bonchev–Trinajstić information content (AvgIpc) is 3.51. The van der Waals surface area contributed by atoms with E-state index in [0.717, 1.165) is 17.1 Å². The Kier molecular flexibility index (Phi) is 8.52.